The predicted octanol–water partition coefficient (Wildman–Crippen LogP) is 2.25. The summed E-state index contributed by atoms with van der Waals surface area (Å²) in [6.07, 6.45) is 4.76. The second-order valence-electron chi connectivity index (χ2n) is 5.22. The summed E-state index contributed by atoms with van der Waals surface area (Å²) in [6, 6.07) is 8.84. The lowest BCUT2D eigenvalue weighted by Crippen LogP contribution is -2.28. The van der Waals surface area contributed by atoms with Crippen molar-refractivity contribution in [2.75, 3.05) is 6.61 Å². The van der Waals surface area contributed by atoms with Gasteiger partial charge in [0.05, 0.1) is 6.61 Å². The Kier molecular flexibility index (Phi) is 4.56. The summed E-state index contributed by atoms with van der Waals surface area (Å²) in [5.74, 6) is 0.173. The van der Waals surface area contributed by atoms with Crippen LogP contribution < -0.4 is 15.5 Å². The quantitative estimate of drug-likeness (QED) is 0.754. The normalized spacial score (nSPS) is 10.5. The largest absolute Gasteiger partial charge is 0.494 e. The number of fused-ring (bicyclic) bond motifs is 1. The van der Waals surface area contributed by atoms with Crippen molar-refractivity contribution < 1.29 is 9.53 Å². The SMILES string of the molecule is CCOc1ccc2[nH]cc(C(=O)NCc3cccnc3)c(=O)c2c1. The van der Waals surface area contributed by atoms with Crippen LogP contribution in [0.5, 0.6) is 5.75 Å². The number of rotatable bonds is 5. The standard InChI is InChI=1S/C18H17N3O3/c1-2-24-13-5-6-16-14(8-13)17(22)15(11-20-16)18(23)21-10-12-4-3-7-19-9-12/h3-9,11H,2,10H2,1H3,(H,20,22)(H,21,23). The third kappa shape index (κ3) is 3.27. The Bertz CT molecular complexity index is 920. The summed E-state index contributed by atoms with van der Waals surface area (Å²) in [4.78, 5) is 31.9. The molecule has 6 heteroatoms. The number of H-pyrrole nitrogens is 1. The van der Waals surface area contributed by atoms with Crippen LogP contribution in [0, 0.1) is 0 Å². The molecule has 122 valence electrons. The molecule has 0 fully saturated rings. The van der Waals surface area contributed by atoms with Gasteiger partial charge in [0.1, 0.15) is 11.3 Å². The van der Waals surface area contributed by atoms with Crippen molar-refractivity contribution in [1.29, 1.82) is 0 Å². The maximum absolute atomic E-state index is 12.6. The van der Waals surface area contributed by atoms with E-state index < -0.39 is 5.91 Å². The van der Waals surface area contributed by atoms with E-state index in [0.29, 0.717) is 29.8 Å². The highest BCUT2D eigenvalue weighted by molar-refractivity contribution is 5.97. The van der Waals surface area contributed by atoms with Gasteiger partial charge in [0.15, 0.2) is 0 Å². The molecule has 1 aromatic carbocycles. The van der Waals surface area contributed by atoms with Crippen LogP contribution in [0.15, 0.2) is 53.7 Å². The van der Waals surface area contributed by atoms with E-state index in [2.05, 4.69) is 15.3 Å². The van der Waals surface area contributed by atoms with Crippen LogP contribution in [0.3, 0.4) is 0 Å². The van der Waals surface area contributed by atoms with Crippen LogP contribution in [0.1, 0.15) is 22.8 Å². The fourth-order valence-electron chi connectivity index (χ4n) is 2.40. The summed E-state index contributed by atoms with van der Waals surface area (Å²) in [5, 5.41) is 3.16. The number of carbonyl (C=O) groups is 1. The van der Waals surface area contributed by atoms with Gasteiger partial charge in [-0.05, 0) is 36.8 Å². The van der Waals surface area contributed by atoms with Crippen LogP contribution in [-0.2, 0) is 6.54 Å². The monoisotopic (exact) mass is 323 g/mol. The number of hydrogen-bond acceptors (Lipinski definition) is 4. The fraction of sp³-hybridized carbons (Fsp3) is 0.167. The van der Waals surface area contributed by atoms with Crippen molar-refractivity contribution in [3.8, 4) is 5.75 Å². The lowest BCUT2D eigenvalue weighted by atomic mass is 10.1. The average Bonchev–Trinajstić information content (AvgIpc) is 2.61. The number of amides is 1. The van der Waals surface area contributed by atoms with Gasteiger partial charge in [-0.2, -0.15) is 0 Å². The van der Waals surface area contributed by atoms with E-state index in [4.69, 9.17) is 4.74 Å². The molecule has 0 bridgehead atoms. The van der Waals surface area contributed by atoms with Crippen LogP contribution in [0.4, 0.5) is 0 Å². The molecular weight excluding hydrogens is 306 g/mol. The first-order valence-electron chi connectivity index (χ1n) is 7.64. The molecule has 0 spiro atoms. The number of hydrogen-bond donors (Lipinski definition) is 2. The summed E-state index contributed by atoms with van der Waals surface area (Å²) < 4.78 is 5.41. The van der Waals surface area contributed by atoms with Gasteiger partial charge in [-0.3, -0.25) is 14.6 Å². The zero-order chi connectivity index (χ0) is 16.9. The zero-order valence-electron chi connectivity index (χ0n) is 13.2. The summed E-state index contributed by atoms with van der Waals surface area (Å²) in [7, 11) is 0. The maximum atomic E-state index is 12.6. The van der Waals surface area contributed by atoms with Crippen LogP contribution in [-0.4, -0.2) is 22.5 Å². The summed E-state index contributed by atoms with van der Waals surface area (Å²) in [6.45, 7) is 2.69. The molecule has 3 rings (SSSR count). The molecule has 2 aromatic heterocycles. The molecule has 2 N–H and O–H groups in total. The first-order valence-corrected chi connectivity index (χ1v) is 7.64. The van der Waals surface area contributed by atoms with E-state index >= 15 is 0 Å². The van der Waals surface area contributed by atoms with E-state index in [0.717, 1.165) is 5.56 Å². The molecule has 0 atom stereocenters. The molecule has 2 heterocycles. The van der Waals surface area contributed by atoms with Gasteiger partial charge in [-0.15, -0.1) is 0 Å². The van der Waals surface area contributed by atoms with Crippen molar-refractivity contribution >= 4 is 16.8 Å². The van der Waals surface area contributed by atoms with Crippen molar-refractivity contribution in [2.45, 2.75) is 13.5 Å². The molecule has 0 saturated heterocycles. The number of nitrogens with one attached hydrogen (secondary N) is 2. The lowest BCUT2D eigenvalue weighted by Gasteiger charge is -2.07. The number of benzene rings is 1. The van der Waals surface area contributed by atoms with Gasteiger partial charge < -0.3 is 15.0 Å². The van der Waals surface area contributed by atoms with Crippen LogP contribution >= 0.6 is 0 Å². The average molecular weight is 323 g/mol. The van der Waals surface area contributed by atoms with Crippen molar-refractivity contribution in [3.05, 3.63) is 70.3 Å². The van der Waals surface area contributed by atoms with Crippen molar-refractivity contribution in [3.63, 3.8) is 0 Å². The molecule has 0 aliphatic heterocycles. The third-order valence-corrected chi connectivity index (χ3v) is 3.58. The van der Waals surface area contributed by atoms with Gasteiger partial charge in [-0.25, -0.2) is 0 Å². The number of pyridine rings is 2. The Morgan fingerprint density at radius 1 is 1.33 bits per heavy atom. The minimum absolute atomic E-state index is 0.0695. The van der Waals surface area contributed by atoms with Crippen molar-refractivity contribution in [2.24, 2.45) is 0 Å². The van der Waals surface area contributed by atoms with Gasteiger partial charge in [0.25, 0.3) is 5.91 Å². The van der Waals surface area contributed by atoms with Crippen LogP contribution in [0.25, 0.3) is 10.9 Å². The number of nitrogens with zero attached hydrogens (tertiary/aromatic N) is 1. The van der Waals surface area contributed by atoms with E-state index in [-0.39, 0.29) is 11.0 Å². The number of ether oxygens (including phenoxy) is 1. The Balaban J connectivity index is 1.87. The number of aromatic amines is 1. The highest BCUT2D eigenvalue weighted by Gasteiger charge is 2.13. The van der Waals surface area contributed by atoms with Crippen molar-refractivity contribution in [1.82, 2.24) is 15.3 Å². The second kappa shape index (κ2) is 6.95. The zero-order valence-corrected chi connectivity index (χ0v) is 13.2. The Morgan fingerprint density at radius 3 is 2.96 bits per heavy atom. The lowest BCUT2D eigenvalue weighted by molar-refractivity contribution is 0.0949. The Hall–Kier alpha value is -3.15. The molecule has 1 amide bonds. The van der Waals surface area contributed by atoms with E-state index in [9.17, 15) is 9.59 Å². The molecule has 0 radical (unpaired) electrons. The van der Waals surface area contributed by atoms with E-state index in [1.54, 1.807) is 36.7 Å². The second-order valence-corrected chi connectivity index (χ2v) is 5.22. The predicted molar refractivity (Wildman–Crippen MR) is 91.1 cm³/mol. The number of carbonyl (C=O) groups excluding carboxylic acids is 1. The topological polar surface area (TPSA) is 84.1 Å². The molecular formula is C18H17N3O3. The van der Waals surface area contributed by atoms with Gasteiger partial charge in [0.2, 0.25) is 5.43 Å². The molecule has 0 unspecified atom stereocenters. The van der Waals surface area contributed by atoms with Crippen LogP contribution in [0.2, 0.25) is 0 Å². The summed E-state index contributed by atoms with van der Waals surface area (Å²) >= 11 is 0. The molecule has 0 aliphatic rings. The first kappa shape index (κ1) is 15.7. The molecule has 24 heavy (non-hydrogen) atoms. The van der Waals surface area contributed by atoms with Gasteiger partial charge in [0, 0.05) is 36.0 Å². The fourth-order valence-corrected chi connectivity index (χ4v) is 2.40. The molecule has 0 saturated carbocycles. The molecule has 3 aromatic rings. The molecule has 6 nitrogen and oxygen atoms in total. The highest BCUT2D eigenvalue weighted by Crippen LogP contribution is 2.17. The minimum Gasteiger partial charge on any atom is -0.494 e. The smallest absolute Gasteiger partial charge is 0.257 e. The first-order chi connectivity index (χ1) is 11.7. The van der Waals surface area contributed by atoms with E-state index in [1.807, 2.05) is 13.0 Å². The summed E-state index contributed by atoms with van der Waals surface area (Å²) in [5.41, 5.74) is 1.27. The Morgan fingerprint density at radius 2 is 2.21 bits per heavy atom. The van der Waals surface area contributed by atoms with Gasteiger partial charge in [-0.1, -0.05) is 6.07 Å². The third-order valence-electron chi connectivity index (χ3n) is 3.58. The van der Waals surface area contributed by atoms with E-state index in [1.165, 1.54) is 6.20 Å². The van der Waals surface area contributed by atoms with Gasteiger partial charge >= 0.3 is 0 Å². The molecule has 0 aliphatic carbocycles. The number of aromatic nitrogens is 2. The highest BCUT2D eigenvalue weighted by atomic mass is 16.5. The Labute approximate surface area is 138 Å². The minimum atomic E-state index is -0.427. The maximum Gasteiger partial charge on any atom is 0.257 e.